The minimum Gasteiger partial charge on any atom is -0.486 e. The maximum Gasteiger partial charge on any atom is 0.230 e. The first-order valence-corrected chi connectivity index (χ1v) is 9.97. The first-order valence-electron chi connectivity index (χ1n) is 8.99. The third-order valence-corrected chi connectivity index (χ3v) is 4.81. The molecule has 0 spiro atoms. The summed E-state index contributed by atoms with van der Waals surface area (Å²) >= 11 is 1.25. The summed E-state index contributed by atoms with van der Waals surface area (Å²) in [4.78, 5) is 11.8. The molecule has 0 saturated carbocycles. The van der Waals surface area contributed by atoms with E-state index in [0.717, 1.165) is 5.75 Å². The quantitative estimate of drug-likeness (QED) is 0.531. The summed E-state index contributed by atoms with van der Waals surface area (Å²) in [5.41, 5.74) is 1.34. The van der Waals surface area contributed by atoms with Gasteiger partial charge in [-0.25, -0.2) is 4.68 Å². The number of amides is 1. The molecule has 1 heterocycles. The highest BCUT2D eigenvalue weighted by molar-refractivity contribution is 7.99. The Kier molecular flexibility index (Phi) is 7.12. The van der Waals surface area contributed by atoms with E-state index < -0.39 is 0 Å². The molecule has 2 aromatic rings. The molecule has 1 amide bonds. The van der Waals surface area contributed by atoms with Crippen molar-refractivity contribution in [2.45, 2.75) is 51.8 Å². The van der Waals surface area contributed by atoms with Gasteiger partial charge in [0.25, 0.3) is 0 Å². The molecule has 0 fully saturated rings. The lowest BCUT2D eigenvalue weighted by Crippen LogP contribution is -2.29. The van der Waals surface area contributed by atoms with Crippen LogP contribution in [-0.2, 0) is 16.8 Å². The number of ether oxygens (including phenoxy) is 1. The Morgan fingerprint density at radius 1 is 1.26 bits per heavy atom. The van der Waals surface area contributed by atoms with Crippen LogP contribution in [0.5, 0.6) is 5.75 Å². The highest BCUT2D eigenvalue weighted by Crippen LogP contribution is 2.24. The molecule has 0 bridgehead atoms. The zero-order chi connectivity index (χ0) is 20.0. The highest BCUT2D eigenvalue weighted by atomic mass is 32.2. The van der Waals surface area contributed by atoms with Crippen LogP contribution in [0, 0.1) is 5.92 Å². The minimum absolute atomic E-state index is 0.0477. The number of nitrogens with zero attached hydrogens (tertiary/aromatic N) is 3. The van der Waals surface area contributed by atoms with Crippen LogP contribution in [0.2, 0.25) is 0 Å². The maximum absolute atomic E-state index is 11.8. The molecule has 0 saturated heterocycles. The molecular weight excluding hydrogens is 362 g/mol. The van der Waals surface area contributed by atoms with Crippen molar-refractivity contribution >= 4 is 17.7 Å². The topological polar surface area (TPSA) is 95.1 Å². The van der Waals surface area contributed by atoms with Crippen molar-refractivity contribution in [3.8, 4) is 5.75 Å². The van der Waals surface area contributed by atoms with E-state index in [1.807, 2.05) is 26.0 Å². The van der Waals surface area contributed by atoms with Gasteiger partial charge in [-0.05, 0) is 29.0 Å². The van der Waals surface area contributed by atoms with Gasteiger partial charge in [-0.3, -0.25) is 4.79 Å². The number of nitrogens with one attached hydrogen (secondary N) is 1. The lowest BCUT2D eigenvalue weighted by Gasteiger charge is -2.19. The van der Waals surface area contributed by atoms with E-state index in [1.54, 1.807) is 0 Å². The highest BCUT2D eigenvalue weighted by Gasteiger charge is 2.15. The SMILES string of the molecule is CC(C)CNC(=O)CSc1nnc(COc2ccc(C(C)(C)C)cc2)n1N. The number of hydrogen-bond acceptors (Lipinski definition) is 6. The van der Waals surface area contributed by atoms with Crippen LogP contribution in [0.25, 0.3) is 0 Å². The van der Waals surface area contributed by atoms with Crippen LogP contribution in [0.1, 0.15) is 46.0 Å². The van der Waals surface area contributed by atoms with E-state index in [0.29, 0.717) is 23.4 Å². The van der Waals surface area contributed by atoms with Gasteiger partial charge in [0, 0.05) is 6.54 Å². The summed E-state index contributed by atoms with van der Waals surface area (Å²) in [6.07, 6.45) is 0. The van der Waals surface area contributed by atoms with Crippen LogP contribution in [0.3, 0.4) is 0 Å². The molecular formula is C19H29N5O2S. The fraction of sp³-hybridized carbons (Fsp3) is 0.526. The second-order valence-electron chi connectivity index (χ2n) is 7.82. The molecule has 0 unspecified atom stereocenters. The van der Waals surface area contributed by atoms with Crippen LogP contribution < -0.4 is 15.9 Å². The summed E-state index contributed by atoms with van der Waals surface area (Å²) in [6, 6.07) is 7.98. The number of carbonyl (C=O) groups excluding carboxylic acids is 1. The van der Waals surface area contributed by atoms with Gasteiger partial charge in [0.15, 0.2) is 5.82 Å². The van der Waals surface area contributed by atoms with Crippen molar-refractivity contribution in [3.63, 3.8) is 0 Å². The normalized spacial score (nSPS) is 11.6. The third kappa shape index (κ3) is 6.46. The third-order valence-electron chi connectivity index (χ3n) is 3.86. The van der Waals surface area contributed by atoms with E-state index in [4.69, 9.17) is 10.6 Å². The second-order valence-corrected chi connectivity index (χ2v) is 8.76. The lowest BCUT2D eigenvalue weighted by molar-refractivity contribution is -0.118. The summed E-state index contributed by atoms with van der Waals surface area (Å²) in [5.74, 6) is 7.87. The van der Waals surface area contributed by atoms with Crippen molar-refractivity contribution in [1.82, 2.24) is 20.2 Å². The Morgan fingerprint density at radius 2 is 1.93 bits per heavy atom. The Labute approximate surface area is 165 Å². The summed E-state index contributed by atoms with van der Waals surface area (Å²) in [6.45, 7) is 11.5. The number of rotatable bonds is 8. The smallest absolute Gasteiger partial charge is 0.230 e. The van der Waals surface area contributed by atoms with Crippen molar-refractivity contribution in [1.29, 1.82) is 0 Å². The van der Waals surface area contributed by atoms with Gasteiger partial charge in [0.05, 0.1) is 5.75 Å². The van der Waals surface area contributed by atoms with Gasteiger partial charge < -0.3 is 15.9 Å². The molecule has 0 atom stereocenters. The van der Waals surface area contributed by atoms with E-state index in [9.17, 15) is 4.79 Å². The molecule has 7 nitrogen and oxygen atoms in total. The number of thioether (sulfide) groups is 1. The van der Waals surface area contributed by atoms with Crippen LogP contribution in [0.15, 0.2) is 29.4 Å². The predicted octanol–water partition coefficient (Wildman–Crippen LogP) is 2.73. The first-order chi connectivity index (χ1) is 12.7. The standard InChI is InChI=1S/C19H29N5O2S/c1-13(2)10-21-17(25)12-27-18-23-22-16(24(18)20)11-26-15-8-6-14(7-9-15)19(3,4)5/h6-9,13H,10-12,20H2,1-5H3,(H,21,25). The molecule has 27 heavy (non-hydrogen) atoms. The van der Waals surface area contributed by atoms with Gasteiger partial charge in [-0.1, -0.05) is 58.5 Å². The zero-order valence-electron chi connectivity index (χ0n) is 16.7. The molecule has 0 aliphatic rings. The first kappa shape index (κ1) is 21.1. The average Bonchev–Trinajstić information content (AvgIpc) is 2.96. The molecule has 1 aromatic heterocycles. The number of carbonyl (C=O) groups is 1. The fourth-order valence-corrected chi connectivity index (χ4v) is 2.91. The second kappa shape index (κ2) is 9.12. The largest absolute Gasteiger partial charge is 0.486 e. The average molecular weight is 392 g/mol. The van der Waals surface area contributed by atoms with E-state index in [1.165, 1.54) is 22.0 Å². The van der Waals surface area contributed by atoms with Crippen molar-refractivity contribution in [2.75, 3.05) is 18.1 Å². The van der Waals surface area contributed by atoms with Gasteiger partial charge in [0.2, 0.25) is 11.1 Å². The van der Waals surface area contributed by atoms with Crippen molar-refractivity contribution < 1.29 is 9.53 Å². The van der Waals surface area contributed by atoms with Gasteiger partial charge in [0.1, 0.15) is 12.4 Å². The Morgan fingerprint density at radius 3 is 2.52 bits per heavy atom. The van der Waals surface area contributed by atoms with Crippen molar-refractivity contribution in [3.05, 3.63) is 35.7 Å². The molecule has 0 aliphatic carbocycles. The van der Waals surface area contributed by atoms with E-state index in [-0.39, 0.29) is 23.7 Å². The van der Waals surface area contributed by atoms with Crippen LogP contribution in [0.4, 0.5) is 0 Å². The van der Waals surface area contributed by atoms with Crippen LogP contribution in [-0.4, -0.2) is 33.1 Å². The number of hydrogen-bond donors (Lipinski definition) is 2. The molecule has 0 aliphatic heterocycles. The van der Waals surface area contributed by atoms with E-state index in [2.05, 4.69) is 48.4 Å². The minimum atomic E-state index is -0.0477. The Hall–Kier alpha value is -2.22. The number of aromatic nitrogens is 3. The molecule has 2 rings (SSSR count). The van der Waals surface area contributed by atoms with Crippen LogP contribution >= 0.6 is 11.8 Å². The summed E-state index contributed by atoms with van der Waals surface area (Å²) in [7, 11) is 0. The van der Waals surface area contributed by atoms with Crippen molar-refractivity contribution in [2.24, 2.45) is 5.92 Å². The molecule has 148 valence electrons. The predicted molar refractivity (Wildman–Crippen MR) is 108 cm³/mol. The summed E-state index contributed by atoms with van der Waals surface area (Å²) in [5, 5.41) is 11.4. The monoisotopic (exact) mass is 391 g/mol. The fourth-order valence-electron chi connectivity index (χ4n) is 2.20. The number of benzene rings is 1. The molecule has 8 heteroatoms. The molecule has 0 radical (unpaired) electrons. The molecule has 1 aromatic carbocycles. The Balaban J connectivity index is 1.87. The molecule has 3 N–H and O–H groups in total. The maximum atomic E-state index is 11.8. The number of nitrogen functional groups attached to an aromatic ring is 1. The van der Waals surface area contributed by atoms with E-state index >= 15 is 0 Å². The summed E-state index contributed by atoms with van der Waals surface area (Å²) < 4.78 is 7.12. The van der Waals surface area contributed by atoms with Gasteiger partial charge in [-0.15, -0.1) is 10.2 Å². The lowest BCUT2D eigenvalue weighted by atomic mass is 9.87. The zero-order valence-corrected chi connectivity index (χ0v) is 17.5. The Bertz CT molecular complexity index is 750. The number of nitrogens with two attached hydrogens (primary N) is 1. The van der Waals surface area contributed by atoms with Gasteiger partial charge in [-0.2, -0.15) is 0 Å². The van der Waals surface area contributed by atoms with Gasteiger partial charge >= 0.3 is 0 Å².